The number of hydrogen-bond donors (Lipinski definition) is 1. The fourth-order valence-corrected chi connectivity index (χ4v) is 3.75. The first-order valence-corrected chi connectivity index (χ1v) is 8.56. The SMILES string of the molecule is O=C(CCS)OCCSCCC1CC2CC(C1)O2. The van der Waals surface area contributed by atoms with E-state index in [0.29, 0.717) is 31.0 Å². The molecule has 0 spiro atoms. The predicted octanol–water partition coefficient (Wildman–Crippen LogP) is 2.54. The van der Waals surface area contributed by atoms with Gasteiger partial charge in [-0.2, -0.15) is 24.4 Å². The average Bonchev–Trinajstić information content (AvgIpc) is 2.33. The Kier molecular flexibility index (Phi) is 6.18. The van der Waals surface area contributed by atoms with E-state index in [1.165, 1.54) is 31.4 Å². The van der Waals surface area contributed by atoms with Crippen molar-refractivity contribution in [2.75, 3.05) is 23.9 Å². The second kappa shape index (κ2) is 7.65. The number of ether oxygens (including phenoxy) is 2. The highest BCUT2D eigenvalue weighted by molar-refractivity contribution is 7.99. The van der Waals surface area contributed by atoms with Crippen LogP contribution in [0.4, 0.5) is 0 Å². The van der Waals surface area contributed by atoms with Crippen molar-refractivity contribution in [3.8, 4) is 0 Å². The number of thioether (sulfide) groups is 1. The number of rotatable bonds is 8. The van der Waals surface area contributed by atoms with E-state index >= 15 is 0 Å². The van der Waals surface area contributed by atoms with Crippen LogP contribution in [-0.4, -0.2) is 42.0 Å². The van der Waals surface area contributed by atoms with Crippen LogP contribution in [0.5, 0.6) is 0 Å². The number of hydrogen-bond acceptors (Lipinski definition) is 5. The molecule has 3 aliphatic rings. The molecular formula is C13H22O3S2. The van der Waals surface area contributed by atoms with Crippen LogP contribution in [0.3, 0.4) is 0 Å². The van der Waals surface area contributed by atoms with Gasteiger partial charge in [0.05, 0.1) is 18.6 Å². The van der Waals surface area contributed by atoms with Crippen LogP contribution in [0.1, 0.15) is 32.1 Å². The first-order valence-electron chi connectivity index (χ1n) is 6.77. The van der Waals surface area contributed by atoms with E-state index in [1.807, 2.05) is 11.8 Å². The van der Waals surface area contributed by atoms with E-state index < -0.39 is 0 Å². The van der Waals surface area contributed by atoms with Gasteiger partial charge in [-0.1, -0.05) is 0 Å². The standard InChI is InChI=1S/C13H22O3S2/c14-13(1-4-17)15-3-6-18-5-2-10-7-11-9-12(8-10)16-11/h10-12,17H,1-9H2. The highest BCUT2D eigenvalue weighted by Crippen LogP contribution is 2.39. The Bertz CT molecular complexity index is 257. The Morgan fingerprint density at radius 2 is 2.00 bits per heavy atom. The molecule has 0 N–H and O–H groups in total. The second-order valence-corrected chi connectivity index (χ2v) is 6.72. The largest absolute Gasteiger partial charge is 0.465 e. The molecule has 2 atom stereocenters. The van der Waals surface area contributed by atoms with Crippen LogP contribution in [0.2, 0.25) is 0 Å². The summed E-state index contributed by atoms with van der Waals surface area (Å²) in [5.74, 6) is 3.39. The molecule has 2 bridgehead atoms. The lowest BCUT2D eigenvalue weighted by molar-refractivity contribution is -0.173. The van der Waals surface area contributed by atoms with Crippen molar-refractivity contribution in [3.63, 3.8) is 0 Å². The molecule has 1 aliphatic carbocycles. The number of carbonyl (C=O) groups is 1. The van der Waals surface area contributed by atoms with E-state index in [2.05, 4.69) is 12.6 Å². The van der Waals surface area contributed by atoms with Gasteiger partial charge in [0.15, 0.2) is 0 Å². The minimum Gasteiger partial charge on any atom is -0.465 e. The third kappa shape index (κ3) is 4.67. The van der Waals surface area contributed by atoms with Crippen LogP contribution >= 0.6 is 24.4 Å². The molecular weight excluding hydrogens is 268 g/mol. The molecule has 0 aromatic carbocycles. The Labute approximate surface area is 119 Å². The lowest BCUT2D eigenvalue weighted by Gasteiger charge is -2.45. The maximum atomic E-state index is 11.1. The van der Waals surface area contributed by atoms with Gasteiger partial charge in [0.25, 0.3) is 0 Å². The van der Waals surface area contributed by atoms with Crippen molar-refractivity contribution in [3.05, 3.63) is 0 Å². The molecule has 2 unspecified atom stereocenters. The van der Waals surface area contributed by atoms with Gasteiger partial charge in [0.2, 0.25) is 0 Å². The van der Waals surface area contributed by atoms with Crippen molar-refractivity contribution in [2.24, 2.45) is 5.92 Å². The summed E-state index contributed by atoms with van der Waals surface area (Å²) in [5, 5.41) is 0. The van der Waals surface area contributed by atoms with E-state index in [9.17, 15) is 4.79 Å². The molecule has 0 amide bonds. The molecule has 1 saturated carbocycles. The van der Waals surface area contributed by atoms with Crippen LogP contribution in [0.25, 0.3) is 0 Å². The Morgan fingerprint density at radius 3 is 2.67 bits per heavy atom. The summed E-state index contributed by atoms with van der Waals surface area (Å²) in [6, 6.07) is 0. The van der Waals surface area contributed by atoms with E-state index in [1.54, 1.807) is 0 Å². The summed E-state index contributed by atoms with van der Waals surface area (Å²) in [7, 11) is 0. The molecule has 0 aromatic rings. The maximum Gasteiger partial charge on any atom is 0.306 e. The van der Waals surface area contributed by atoms with E-state index in [4.69, 9.17) is 9.47 Å². The third-order valence-electron chi connectivity index (χ3n) is 3.58. The number of esters is 1. The van der Waals surface area contributed by atoms with Crippen LogP contribution in [-0.2, 0) is 14.3 Å². The second-order valence-electron chi connectivity index (χ2n) is 5.05. The summed E-state index contributed by atoms with van der Waals surface area (Å²) in [5.41, 5.74) is 0. The lowest BCUT2D eigenvalue weighted by Crippen LogP contribution is -2.45. The number of fused-ring (bicyclic) bond motifs is 2. The normalized spacial score (nSPS) is 29.7. The molecule has 2 aliphatic heterocycles. The minimum atomic E-state index is -0.130. The molecule has 3 nitrogen and oxygen atoms in total. The molecule has 2 saturated heterocycles. The van der Waals surface area contributed by atoms with Gasteiger partial charge in [-0.25, -0.2) is 0 Å². The Hall–Kier alpha value is 0.130. The van der Waals surface area contributed by atoms with Gasteiger partial charge in [-0.3, -0.25) is 4.79 Å². The van der Waals surface area contributed by atoms with Gasteiger partial charge in [0.1, 0.15) is 6.61 Å². The van der Waals surface area contributed by atoms with Gasteiger partial charge < -0.3 is 9.47 Å². The highest BCUT2D eigenvalue weighted by atomic mass is 32.2. The summed E-state index contributed by atoms with van der Waals surface area (Å²) < 4.78 is 10.7. The first kappa shape index (κ1) is 14.5. The summed E-state index contributed by atoms with van der Waals surface area (Å²) in [6.07, 6.45) is 6.65. The molecule has 104 valence electrons. The van der Waals surface area contributed by atoms with Gasteiger partial charge in [0, 0.05) is 11.5 Å². The molecule has 18 heavy (non-hydrogen) atoms. The molecule has 3 rings (SSSR count). The molecule has 5 heteroatoms. The Morgan fingerprint density at radius 1 is 1.28 bits per heavy atom. The maximum absolute atomic E-state index is 11.1. The van der Waals surface area contributed by atoms with Crippen LogP contribution < -0.4 is 0 Å². The van der Waals surface area contributed by atoms with Gasteiger partial charge in [-0.05, 0) is 37.4 Å². The van der Waals surface area contributed by atoms with Crippen LogP contribution in [0.15, 0.2) is 0 Å². The minimum absolute atomic E-state index is 0.130. The fraction of sp³-hybridized carbons (Fsp3) is 0.923. The quantitative estimate of drug-likeness (QED) is 0.423. The van der Waals surface area contributed by atoms with Crippen molar-refractivity contribution < 1.29 is 14.3 Å². The number of thiol groups is 1. The van der Waals surface area contributed by atoms with Crippen molar-refractivity contribution in [1.82, 2.24) is 0 Å². The topological polar surface area (TPSA) is 35.5 Å². The molecule has 3 fully saturated rings. The van der Waals surface area contributed by atoms with Gasteiger partial charge in [-0.15, -0.1) is 0 Å². The zero-order valence-electron chi connectivity index (χ0n) is 10.7. The summed E-state index contributed by atoms with van der Waals surface area (Å²) in [6.45, 7) is 0.538. The first-order chi connectivity index (χ1) is 8.78. The zero-order valence-corrected chi connectivity index (χ0v) is 12.4. The average molecular weight is 290 g/mol. The van der Waals surface area contributed by atoms with E-state index in [-0.39, 0.29) is 5.97 Å². The highest BCUT2D eigenvalue weighted by Gasteiger charge is 2.38. The van der Waals surface area contributed by atoms with Gasteiger partial charge >= 0.3 is 5.97 Å². The Balaban J connectivity index is 1.41. The van der Waals surface area contributed by atoms with Crippen LogP contribution in [0, 0.1) is 5.92 Å². The monoisotopic (exact) mass is 290 g/mol. The molecule has 0 radical (unpaired) electrons. The molecule has 2 heterocycles. The van der Waals surface area contributed by atoms with Crippen molar-refractivity contribution in [2.45, 2.75) is 44.3 Å². The third-order valence-corrected chi connectivity index (χ3v) is 4.78. The van der Waals surface area contributed by atoms with E-state index in [0.717, 1.165) is 11.7 Å². The van der Waals surface area contributed by atoms with Crippen molar-refractivity contribution >= 4 is 30.4 Å². The predicted molar refractivity (Wildman–Crippen MR) is 77.4 cm³/mol. The smallest absolute Gasteiger partial charge is 0.306 e. The zero-order chi connectivity index (χ0) is 12.8. The number of carbonyl (C=O) groups excluding carboxylic acids is 1. The lowest BCUT2D eigenvalue weighted by atomic mass is 9.79. The fourth-order valence-electron chi connectivity index (χ4n) is 2.66. The molecule has 0 aromatic heterocycles. The summed E-state index contributed by atoms with van der Waals surface area (Å²) >= 11 is 5.88. The summed E-state index contributed by atoms with van der Waals surface area (Å²) in [4.78, 5) is 11.1. The van der Waals surface area contributed by atoms with Crippen molar-refractivity contribution in [1.29, 1.82) is 0 Å².